The number of carbonyl (C=O) groups excluding carboxylic acids is 2. The van der Waals surface area contributed by atoms with Gasteiger partial charge in [-0.25, -0.2) is 0 Å². The summed E-state index contributed by atoms with van der Waals surface area (Å²) in [5.41, 5.74) is 1.72. The van der Waals surface area contributed by atoms with Gasteiger partial charge in [-0.1, -0.05) is 31.4 Å². The summed E-state index contributed by atoms with van der Waals surface area (Å²) in [6.07, 6.45) is 5.65. The quantitative estimate of drug-likeness (QED) is 0.871. The fourth-order valence-electron chi connectivity index (χ4n) is 3.89. The molecule has 2 aromatic rings. The number of nitrogens with one attached hydrogen (secondary N) is 1. The monoisotopic (exact) mass is 364 g/mol. The number of rotatable bonds is 3. The highest BCUT2D eigenvalue weighted by Gasteiger charge is 2.28. The molecular weight excluding hydrogens is 340 g/mol. The SMILES string of the molecule is CCN1C(=O)c2ccccc2Oc2ccc(C(=O)NC3CCCCC3)cc21. The minimum atomic E-state index is -0.114. The van der Waals surface area contributed by atoms with Gasteiger partial charge in [0.1, 0.15) is 5.75 Å². The third kappa shape index (κ3) is 3.42. The highest BCUT2D eigenvalue weighted by atomic mass is 16.5. The van der Waals surface area contributed by atoms with E-state index in [9.17, 15) is 9.59 Å². The first-order valence-electron chi connectivity index (χ1n) is 9.71. The highest BCUT2D eigenvalue weighted by molar-refractivity contribution is 6.10. The summed E-state index contributed by atoms with van der Waals surface area (Å²) in [4.78, 5) is 27.4. The Kier molecular flexibility index (Phi) is 4.84. The van der Waals surface area contributed by atoms with E-state index in [-0.39, 0.29) is 17.9 Å². The van der Waals surface area contributed by atoms with E-state index in [1.54, 1.807) is 35.2 Å². The van der Waals surface area contributed by atoms with Crippen molar-refractivity contribution >= 4 is 17.5 Å². The molecule has 1 aliphatic carbocycles. The van der Waals surface area contributed by atoms with Crippen LogP contribution in [0.1, 0.15) is 59.7 Å². The molecule has 1 aliphatic heterocycles. The predicted molar refractivity (Wildman–Crippen MR) is 105 cm³/mol. The molecule has 2 amide bonds. The van der Waals surface area contributed by atoms with Crippen LogP contribution in [0.25, 0.3) is 0 Å². The first-order valence-corrected chi connectivity index (χ1v) is 9.71. The van der Waals surface area contributed by atoms with Crippen molar-refractivity contribution in [1.82, 2.24) is 5.32 Å². The summed E-state index contributed by atoms with van der Waals surface area (Å²) in [7, 11) is 0. The summed E-state index contributed by atoms with van der Waals surface area (Å²) < 4.78 is 6.00. The van der Waals surface area contributed by atoms with Crippen LogP contribution in [0, 0.1) is 0 Å². The zero-order valence-electron chi connectivity index (χ0n) is 15.5. The lowest BCUT2D eigenvalue weighted by Gasteiger charge is -2.24. The predicted octanol–water partition coefficient (Wildman–Crippen LogP) is 4.52. The molecule has 0 atom stereocenters. The van der Waals surface area contributed by atoms with Crippen LogP contribution in [0.5, 0.6) is 11.5 Å². The molecule has 0 spiro atoms. The number of nitrogens with zero attached hydrogens (tertiary/aromatic N) is 1. The number of amides is 2. The lowest BCUT2D eigenvalue weighted by molar-refractivity contribution is 0.0926. The third-order valence-corrected chi connectivity index (χ3v) is 5.35. The molecule has 1 saturated carbocycles. The number of para-hydroxylation sites is 1. The van der Waals surface area contributed by atoms with Crippen molar-refractivity contribution in [3.63, 3.8) is 0 Å². The molecule has 5 heteroatoms. The van der Waals surface area contributed by atoms with Gasteiger partial charge >= 0.3 is 0 Å². The molecule has 27 heavy (non-hydrogen) atoms. The average Bonchev–Trinajstić information content (AvgIpc) is 2.82. The normalized spacial score (nSPS) is 16.8. The van der Waals surface area contributed by atoms with Gasteiger partial charge in [0.05, 0.1) is 11.3 Å². The standard InChI is InChI=1S/C22H24N2O3/c1-2-24-18-14-15(21(25)23-16-8-4-3-5-9-16)12-13-20(18)27-19-11-7-6-10-17(19)22(24)26/h6-7,10-14,16H,2-5,8-9H2,1H3,(H,23,25). The molecule has 5 nitrogen and oxygen atoms in total. The minimum absolute atomic E-state index is 0.0880. The van der Waals surface area contributed by atoms with E-state index in [2.05, 4.69) is 5.32 Å². The largest absolute Gasteiger partial charge is 0.454 e. The summed E-state index contributed by atoms with van der Waals surface area (Å²) >= 11 is 0. The van der Waals surface area contributed by atoms with E-state index in [0.29, 0.717) is 34.9 Å². The molecule has 0 radical (unpaired) electrons. The molecule has 2 aliphatic rings. The molecule has 0 unspecified atom stereocenters. The van der Waals surface area contributed by atoms with Crippen molar-refractivity contribution in [1.29, 1.82) is 0 Å². The molecule has 2 aromatic carbocycles. The second-order valence-electron chi connectivity index (χ2n) is 7.14. The van der Waals surface area contributed by atoms with Crippen LogP contribution in [0.3, 0.4) is 0 Å². The Morgan fingerprint density at radius 3 is 2.67 bits per heavy atom. The zero-order valence-corrected chi connectivity index (χ0v) is 15.5. The molecule has 1 N–H and O–H groups in total. The second-order valence-corrected chi connectivity index (χ2v) is 7.14. The van der Waals surface area contributed by atoms with Gasteiger partial charge in [-0.3, -0.25) is 9.59 Å². The first-order chi connectivity index (χ1) is 13.2. The summed E-state index contributed by atoms with van der Waals surface area (Å²) in [6.45, 7) is 2.42. The molecule has 1 heterocycles. The van der Waals surface area contributed by atoms with Crippen LogP contribution < -0.4 is 15.0 Å². The Balaban J connectivity index is 1.65. The molecule has 0 aromatic heterocycles. The van der Waals surface area contributed by atoms with Crippen molar-refractivity contribution in [3.8, 4) is 11.5 Å². The van der Waals surface area contributed by atoms with E-state index in [4.69, 9.17) is 4.74 Å². The van der Waals surface area contributed by atoms with Crippen LogP contribution in [0.4, 0.5) is 5.69 Å². The highest BCUT2D eigenvalue weighted by Crippen LogP contribution is 2.39. The fourth-order valence-corrected chi connectivity index (χ4v) is 3.89. The molecule has 0 saturated heterocycles. The van der Waals surface area contributed by atoms with Gasteiger partial charge in [0.25, 0.3) is 11.8 Å². The maximum absolute atomic E-state index is 13.0. The average molecular weight is 364 g/mol. The number of benzene rings is 2. The summed E-state index contributed by atoms with van der Waals surface area (Å²) in [5.74, 6) is 0.926. The van der Waals surface area contributed by atoms with E-state index in [0.717, 1.165) is 12.8 Å². The van der Waals surface area contributed by atoms with Crippen molar-refractivity contribution in [2.45, 2.75) is 45.1 Å². The zero-order chi connectivity index (χ0) is 18.8. The molecule has 140 valence electrons. The second kappa shape index (κ2) is 7.43. The number of hydrogen-bond donors (Lipinski definition) is 1. The number of ether oxygens (including phenoxy) is 1. The first kappa shape index (κ1) is 17.6. The topological polar surface area (TPSA) is 58.6 Å². The van der Waals surface area contributed by atoms with Crippen molar-refractivity contribution in [3.05, 3.63) is 53.6 Å². The smallest absolute Gasteiger partial charge is 0.262 e. The van der Waals surface area contributed by atoms with Gasteiger partial charge in [-0.05, 0) is 50.1 Å². The van der Waals surface area contributed by atoms with Gasteiger partial charge in [0.2, 0.25) is 0 Å². The molecule has 0 bridgehead atoms. The maximum atomic E-state index is 13.0. The third-order valence-electron chi connectivity index (χ3n) is 5.35. The number of fused-ring (bicyclic) bond motifs is 2. The molecule has 1 fully saturated rings. The van der Waals surface area contributed by atoms with E-state index >= 15 is 0 Å². The van der Waals surface area contributed by atoms with E-state index in [1.807, 2.05) is 19.1 Å². The van der Waals surface area contributed by atoms with Crippen LogP contribution in [0.2, 0.25) is 0 Å². The Labute approximate surface area is 159 Å². The van der Waals surface area contributed by atoms with Crippen molar-refractivity contribution in [2.24, 2.45) is 0 Å². The Morgan fingerprint density at radius 2 is 1.89 bits per heavy atom. The van der Waals surface area contributed by atoms with Gasteiger partial charge in [0.15, 0.2) is 5.75 Å². The van der Waals surface area contributed by atoms with Crippen LogP contribution in [-0.2, 0) is 0 Å². The molecular formula is C22H24N2O3. The van der Waals surface area contributed by atoms with E-state index < -0.39 is 0 Å². The minimum Gasteiger partial charge on any atom is -0.454 e. The van der Waals surface area contributed by atoms with Crippen LogP contribution in [-0.4, -0.2) is 24.4 Å². The Morgan fingerprint density at radius 1 is 1.11 bits per heavy atom. The fraction of sp³-hybridized carbons (Fsp3) is 0.364. The lowest BCUT2D eigenvalue weighted by atomic mass is 9.95. The Hall–Kier alpha value is -2.82. The van der Waals surface area contributed by atoms with Crippen LogP contribution >= 0.6 is 0 Å². The van der Waals surface area contributed by atoms with Crippen molar-refractivity contribution in [2.75, 3.05) is 11.4 Å². The number of hydrogen-bond acceptors (Lipinski definition) is 3. The number of carbonyl (C=O) groups is 2. The van der Waals surface area contributed by atoms with E-state index in [1.165, 1.54) is 19.3 Å². The Bertz CT molecular complexity index is 872. The van der Waals surface area contributed by atoms with Gasteiger partial charge in [-0.15, -0.1) is 0 Å². The number of anilines is 1. The van der Waals surface area contributed by atoms with Gasteiger partial charge < -0.3 is 15.0 Å². The maximum Gasteiger partial charge on any atom is 0.262 e. The summed E-state index contributed by atoms with van der Waals surface area (Å²) in [5, 5.41) is 3.14. The molecule has 4 rings (SSSR count). The van der Waals surface area contributed by atoms with Crippen molar-refractivity contribution < 1.29 is 14.3 Å². The lowest BCUT2D eigenvalue weighted by Crippen LogP contribution is -2.36. The van der Waals surface area contributed by atoms with Gasteiger partial charge in [0, 0.05) is 18.2 Å². The van der Waals surface area contributed by atoms with Crippen LogP contribution in [0.15, 0.2) is 42.5 Å². The summed E-state index contributed by atoms with van der Waals surface area (Å²) in [6, 6.07) is 12.8. The van der Waals surface area contributed by atoms with Gasteiger partial charge in [-0.2, -0.15) is 0 Å².